The molecule has 2 aromatic heterocycles. The molecule has 0 amide bonds. The fourth-order valence-corrected chi connectivity index (χ4v) is 5.10. The second-order valence-electron chi connectivity index (χ2n) is 9.27. The number of nitrogens with zero attached hydrogens (tertiary/aromatic N) is 3. The lowest BCUT2D eigenvalue weighted by Crippen LogP contribution is -1.95. The van der Waals surface area contributed by atoms with Crippen molar-refractivity contribution >= 4 is 21.8 Å². The molecule has 0 fully saturated rings. The first-order chi connectivity index (χ1) is 18.8. The molecule has 38 heavy (non-hydrogen) atoms. The van der Waals surface area contributed by atoms with Crippen LogP contribution >= 0.6 is 0 Å². The van der Waals surface area contributed by atoms with Gasteiger partial charge in [-0.1, -0.05) is 109 Å². The molecule has 0 radical (unpaired) electrons. The number of fused-ring (bicyclic) bond motifs is 2. The molecule has 0 spiro atoms. The number of hydrogen-bond donors (Lipinski definition) is 0. The predicted molar refractivity (Wildman–Crippen MR) is 157 cm³/mol. The average Bonchev–Trinajstić information content (AvgIpc) is 3.01. The molecule has 0 aliphatic carbocycles. The largest absolute Gasteiger partial charge is 0.256 e. The molecule has 3 heteroatoms. The number of benzene rings is 5. The molecule has 0 N–H and O–H groups in total. The van der Waals surface area contributed by atoms with E-state index in [4.69, 9.17) is 9.97 Å². The fraction of sp³-hybridized carbons (Fsp3) is 0. The Morgan fingerprint density at radius 3 is 1.55 bits per heavy atom. The zero-order chi connectivity index (χ0) is 25.3. The summed E-state index contributed by atoms with van der Waals surface area (Å²) in [6.45, 7) is 0. The second-order valence-corrected chi connectivity index (χ2v) is 9.27. The Bertz CT molecular complexity index is 1890. The maximum absolute atomic E-state index is 5.05. The third-order valence-electron chi connectivity index (χ3n) is 6.95. The average molecular weight is 486 g/mol. The summed E-state index contributed by atoms with van der Waals surface area (Å²) in [5.74, 6) is 0. The minimum atomic E-state index is 0.886. The van der Waals surface area contributed by atoms with E-state index in [2.05, 4.69) is 83.8 Å². The highest BCUT2D eigenvalue weighted by Gasteiger charge is 2.14. The summed E-state index contributed by atoms with van der Waals surface area (Å²) in [6, 6.07) is 46.0. The lowest BCUT2D eigenvalue weighted by Gasteiger charge is -2.13. The van der Waals surface area contributed by atoms with Gasteiger partial charge in [0.2, 0.25) is 0 Å². The Kier molecular flexibility index (Phi) is 5.45. The normalized spacial score (nSPS) is 11.2. The summed E-state index contributed by atoms with van der Waals surface area (Å²) in [4.78, 5) is 14.7. The molecule has 0 aliphatic rings. The molecule has 0 bridgehead atoms. The Morgan fingerprint density at radius 2 is 0.895 bits per heavy atom. The van der Waals surface area contributed by atoms with Crippen molar-refractivity contribution in [1.82, 2.24) is 15.0 Å². The molecule has 0 atom stereocenters. The third-order valence-corrected chi connectivity index (χ3v) is 6.95. The van der Waals surface area contributed by atoms with Crippen molar-refractivity contribution in [2.24, 2.45) is 0 Å². The van der Waals surface area contributed by atoms with Gasteiger partial charge in [-0.2, -0.15) is 0 Å². The van der Waals surface area contributed by atoms with Crippen molar-refractivity contribution < 1.29 is 0 Å². The van der Waals surface area contributed by atoms with Crippen molar-refractivity contribution in [3.8, 4) is 44.9 Å². The highest BCUT2D eigenvalue weighted by molar-refractivity contribution is 6.04. The van der Waals surface area contributed by atoms with Crippen molar-refractivity contribution in [2.45, 2.75) is 0 Å². The van der Waals surface area contributed by atoms with Gasteiger partial charge in [-0.05, 0) is 46.2 Å². The smallest absolute Gasteiger partial charge is 0.0973 e. The number of aromatic nitrogens is 3. The molecular weight excluding hydrogens is 462 g/mol. The third kappa shape index (κ3) is 3.91. The van der Waals surface area contributed by atoms with Crippen LogP contribution in [0.3, 0.4) is 0 Å². The Morgan fingerprint density at radius 1 is 0.368 bits per heavy atom. The molecule has 3 nitrogen and oxygen atoms in total. The molecular formula is C35H23N3. The van der Waals surface area contributed by atoms with Crippen LogP contribution < -0.4 is 0 Å². The van der Waals surface area contributed by atoms with Crippen LogP contribution in [-0.2, 0) is 0 Å². The van der Waals surface area contributed by atoms with E-state index in [-0.39, 0.29) is 0 Å². The molecule has 0 aliphatic heterocycles. The van der Waals surface area contributed by atoms with Crippen LogP contribution in [0.15, 0.2) is 140 Å². The van der Waals surface area contributed by atoms with Crippen molar-refractivity contribution in [1.29, 1.82) is 0 Å². The van der Waals surface area contributed by atoms with Crippen molar-refractivity contribution in [3.05, 3.63) is 140 Å². The first-order valence-electron chi connectivity index (χ1n) is 12.7. The molecule has 0 unspecified atom stereocenters. The van der Waals surface area contributed by atoms with Gasteiger partial charge < -0.3 is 0 Å². The molecule has 178 valence electrons. The van der Waals surface area contributed by atoms with E-state index in [1.807, 2.05) is 60.8 Å². The quantitative estimate of drug-likeness (QED) is 0.250. The number of hydrogen-bond acceptors (Lipinski definition) is 3. The lowest BCUT2D eigenvalue weighted by molar-refractivity contribution is 1.29. The maximum Gasteiger partial charge on any atom is 0.0973 e. The van der Waals surface area contributed by atoms with Crippen LogP contribution in [0.1, 0.15) is 0 Å². The first-order valence-corrected chi connectivity index (χ1v) is 12.7. The molecule has 7 rings (SSSR count). The van der Waals surface area contributed by atoms with E-state index in [0.29, 0.717) is 0 Å². The fourth-order valence-electron chi connectivity index (χ4n) is 5.10. The summed E-state index contributed by atoms with van der Waals surface area (Å²) in [7, 11) is 0. The molecule has 7 aromatic rings. The van der Waals surface area contributed by atoms with E-state index in [1.165, 1.54) is 16.3 Å². The zero-order valence-electron chi connectivity index (χ0n) is 20.6. The Balaban J connectivity index is 1.35. The van der Waals surface area contributed by atoms with Crippen molar-refractivity contribution in [3.63, 3.8) is 0 Å². The van der Waals surface area contributed by atoms with Gasteiger partial charge in [0.05, 0.1) is 28.1 Å². The van der Waals surface area contributed by atoms with Gasteiger partial charge >= 0.3 is 0 Å². The summed E-state index contributed by atoms with van der Waals surface area (Å²) in [5.41, 5.74) is 10.1. The van der Waals surface area contributed by atoms with Crippen LogP contribution in [0.5, 0.6) is 0 Å². The molecule has 2 heterocycles. The minimum absolute atomic E-state index is 0.886. The summed E-state index contributed by atoms with van der Waals surface area (Å²) in [5, 5.41) is 2.40. The van der Waals surface area contributed by atoms with Gasteiger partial charge in [0.15, 0.2) is 0 Å². The highest BCUT2D eigenvalue weighted by Crippen LogP contribution is 2.37. The molecule has 0 saturated carbocycles. The number of para-hydroxylation sites is 2. The van der Waals surface area contributed by atoms with Gasteiger partial charge in [-0.25, -0.2) is 9.97 Å². The lowest BCUT2D eigenvalue weighted by atomic mass is 9.93. The van der Waals surface area contributed by atoms with Gasteiger partial charge in [-0.15, -0.1) is 0 Å². The van der Waals surface area contributed by atoms with E-state index in [0.717, 1.165) is 50.4 Å². The van der Waals surface area contributed by atoms with Crippen LogP contribution in [0.2, 0.25) is 0 Å². The topological polar surface area (TPSA) is 38.7 Å². The summed E-state index contributed by atoms with van der Waals surface area (Å²) >= 11 is 0. The zero-order valence-corrected chi connectivity index (χ0v) is 20.6. The van der Waals surface area contributed by atoms with Crippen LogP contribution in [-0.4, -0.2) is 15.0 Å². The standard InChI is InChI=1S/C35H23N3/c1-2-10-25(11-3-1)34-35(38-33-16-7-6-15-32(33)37-34)26-19-17-24(18-20-26)27-21-22-30(31-14-8-9-23-36-31)29-13-5-4-12-28(27)29/h1-23H. The van der Waals surface area contributed by atoms with Crippen LogP contribution in [0, 0.1) is 0 Å². The van der Waals surface area contributed by atoms with Crippen molar-refractivity contribution in [2.75, 3.05) is 0 Å². The maximum atomic E-state index is 5.05. The van der Waals surface area contributed by atoms with E-state index in [1.54, 1.807) is 0 Å². The number of rotatable bonds is 4. The first kappa shape index (κ1) is 22.1. The van der Waals surface area contributed by atoms with Gasteiger partial charge in [0, 0.05) is 22.9 Å². The SMILES string of the molecule is c1ccc(-c2nc3ccccc3nc2-c2ccc(-c3ccc(-c4ccccn4)c4ccccc34)cc2)cc1. The molecule has 0 saturated heterocycles. The van der Waals surface area contributed by atoms with E-state index < -0.39 is 0 Å². The van der Waals surface area contributed by atoms with Gasteiger partial charge in [0.25, 0.3) is 0 Å². The van der Waals surface area contributed by atoms with Gasteiger partial charge in [-0.3, -0.25) is 4.98 Å². The number of pyridine rings is 1. The minimum Gasteiger partial charge on any atom is -0.256 e. The van der Waals surface area contributed by atoms with Crippen LogP contribution in [0.4, 0.5) is 0 Å². The second kappa shape index (κ2) is 9.38. The Hall–Kier alpha value is -5.15. The van der Waals surface area contributed by atoms with Gasteiger partial charge in [0.1, 0.15) is 0 Å². The Labute approximate surface area is 221 Å². The predicted octanol–water partition coefficient (Wildman–Crippen LogP) is 8.85. The van der Waals surface area contributed by atoms with E-state index in [9.17, 15) is 0 Å². The summed E-state index contributed by atoms with van der Waals surface area (Å²) in [6.07, 6.45) is 1.84. The highest BCUT2D eigenvalue weighted by atomic mass is 14.8. The van der Waals surface area contributed by atoms with E-state index >= 15 is 0 Å². The molecule has 5 aromatic carbocycles. The monoisotopic (exact) mass is 485 g/mol. The summed E-state index contributed by atoms with van der Waals surface area (Å²) < 4.78 is 0. The van der Waals surface area contributed by atoms with Crippen LogP contribution in [0.25, 0.3) is 66.7 Å².